The van der Waals surface area contributed by atoms with Crippen molar-refractivity contribution < 1.29 is 132 Å². The summed E-state index contributed by atoms with van der Waals surface area (Å²) in [7, 11) is 2.14. The van der Waals surface area contributed by atoms with Crippen molar-refractivity contribution >= 4 is 23.9 Å². The molecule has 3 fully saturated rings. The van der Waals surface area contributed by atoms with Gasteiger partial charge in [-0.15, -0.1) is 0 Å². The van der Waals surface area contributed by atoms with Crippen molar-refractivity contribution in [3.8, 4) is 5.75 Å². The Hall–Kier alpha value is -5.18. The van der Waals surface area contributed by atoms with Gasteiger partial charge in [0.1, 0.15) is 79.5 Å². The number of aliphatic hydroxyl groups excluding tert-OH is 10. The number of phenols is 1. The van der Waals surface area contributed by atoms with Crippen molar-refractivity contribution in [2.75, 3.05) is 40.6 Å². The Labute approximate surface area is 428 Å². The second-order valence-corrected chi connectivity index (χ2v) is 17.8. The number of carbonyl (C=O) groups is 4. The van der Waals surface area contributed by atoms with Crippen LogP contribution in [0.1, 0.15) is 32.3 Å². The van der Waals surface area contributed by atoms with Crippen LogP contribution in [0.15, 0.2) is 71.2 Å². The zero-order valence-electron chi connectivity index (χ0n) is 41.0. The minimum absolute atomic E-state index is 0.00290. The number of aliphatic hydroxyl groups is 10. The highest BCUT2D eigenvalue weighted by Gasteiger charge is 2.51. The van der Waals surface area contributed by atoms with Crippen LogP contribution in [0, 0.1) is 11.8 Å². The number of carbonyl (C=O) groups excluding carboxylic acids is 4. The minimum atomic E-state index is -2.00. The lowest BCUT2D eigenvalue weighted by molar-refractivity contribution is -0.327. The van der Waals surface area contributed by atoms with Crippen molar-refractivity contribution in [2.45, 2.75) is 138 Å². The van der Waals surface area contributed by atoms with Gasteiger partial charge >= 0.3 is 23.9 Å². The quantitative estimate of drug-likeness (QED) is 0.0360. The molecule has 0 saturated carbocycles. The van der Waals surface area contributed by atoms with E-state index in [9.17, 15) is 75.3 Å². The number of phenolic OH excluding ortho intramolecular Hbond substituents is 1. The van der Waals surface area contributed by atoms with E-state index < -0.39 is 173 Å². The topological polar surface area (TPSA) is 402 Å². The smallest absolute Gasteiger partial charge is 0.337 e. The molecule has 1 aromatic carbocycles. The maximum atomic E-state index is 14.0. The summed E-state index contributed by atoms with van der Waals surface area (Å²) < 4.78 is 66.8. The number of esters is 4. The van der Waals surface area contributed by atoms with Crippen molar-refractivity contribution in [1.82, 2.24) is 0 Å². The molecule has 27 nitrogen and oxygen atoms in total. The molecule has 0 aromatic heterocycles. The van der Waals surface area contributed by atoms with E-state index in [2.05, 4.69) is 0 Å². The van der Waals surface area contributed by atoms with E-state index in [1.54, 1.807) is 12.1 Å². The van der Waals surface area contributed by atoms with Crippen LogP contribution >= 0.6 is 0 Å². The first-order chi connectivity index (χ1) is 35.8. The number of benzene rings is 1. The van der Waals surface area contributed by atoms with E-state index >= 15 is 0 Å². The number of aromatic hydroxyl groups is 1. The Bertz CT molecular complexity index is 2230. The van der Waals surface area contributed by atoms with Gasteiger partial charge in [-0.25, -0.2) is 9.59 Å². The maximum Gasteiger partial charge on any atom is 0.337 e. The van der Waals surface area contributed by atoms with Crippen LogP contribution in [0.3, 0.4) is 0 Å². The zero-order chi connectivity index (χ0) is 54.8. The van der Waals surface area contributed by atoms with Gasteiger partial charge in [-0.1, -0.05) is 24.3 Å². The van der Waals surface area contributed by atoms with Gasteiger partial charge < -0.3 is 113 Å². The second kappa shape index (κ2) is 26.7. The predicted molar refractivity (Wildman–Crippen MR) is 243 cm³/mol. The van der Waals surface area contributed by atoms with Crippen LogP contribution in [0.25, 0.3) is 0 Å². The van der Waals surface area contributed by atoms with Gasteiger partial charge in [-0.3, -0.25) is 9.59 Å². The van der Waals surface area contributed by atoms with Crippen molar-refractivity contribution in [1.29, 1.82) is 0 Å². The number of allylic oxidation sites excluding steroid dienone is 2. The molecule has 0 spiro atoms. The highest BCUT2D eigenvalue weighted by molar-refractivity contribution is 5.91. The highest BCUT2D eigenvalue weighted by atomic mass is 16.8. The first-order valence-electron chi connectivity index (χ1n) is 23.7. The SMILES string of the molecule is C/C=C1/[C@@H](O[C@H]2O[C@@H](CO)[C@H](O)[C@@H](O)[C@@H]2O)OC=C(C(=O)OC)[C@@H]1CC(=O)OC[C@@H]1O[C@H](OCCc2ccc(O)cc2)[C@@H](OC(=O)C[C@H]2C(C(=O)OC)=CO[C@H](O[C@H]3O[C@@H](CO)[C@H](O)[C@@H](O)[C@@H]3O)/C2=C/C)[C@H](O)[C@H]1O. The number of methoxy groups -OCH3 is 2. The van der Waals surface area contributed by atoms with Gasteiger partial charge in [0, 0.05) is 23.0 Å². The van der Waals surface area contributed by atoms with Crippen LogP contribution in [0.4, 0.5) is 0 Å². The van der Waals surface area contributed by atoms with Crippen LogP contribution in [0.5, 0.6) is 5.75 Å². The largest absolute Gasteiger partial charge is 0.508 e. The molecule has 11 N–H and O–H groups in total. The lowest BCUT2D eigenvalue weighted by Gasteiger charge is -2.42. The molecule has 5 heterocycles. The van der Waals surface area contributed by atoms with Crippen LogP contribution in [-0.2, 0) is 82.4 Å². The van der Waals surface area contributed by atoms with E-state index in [1.165, 1.54) is 38.1 Å². The maximum absolute atomic E-state index is 14.0. The molecule has 418 valence electrons. The number of hydrogen-bond acceptors (Lipinski definition) is 27. The third-order valence-electron chi connectivity index (χ3n) is 13.1. The Balaban J connectivity index is 1.17. The third kappa shape index (κ3) is 13.7. The summed E-state index contributed by atoms with van der Waals surface area (Å²) in [6, 6.07) is 6.08. The molecule has 27 heteroatoms. The second-order valence-electron chi connectivity index (χ2n) is 17.8. The molecule has 0 bridgehead atoms. The number of rotatable bonds is 19. The molecule has 0 radical (unpaired) electrons. The fourth-order valence-electron chi connectivity index (χ4n) is 8.88. The lowest BCUT2D eigenvalue weighted by Crippen LogP contribution is -2.61. The van der Waals surface area contributed by atoms with E-state index in [4.69, 9.17) is 56.8 Å². The van der Waals surface area contributed by atoms with E-state index in [1.807, 2.05) is 0 Å². The van der Waals surface area contributed by atoms with Crippen LogP contribution < -0.4 is 0 Å². The molecule has 3 saturated heterocycles. The van der Waals surface area contributed by atoms with E-state index in [0.717, 1.165) is 26.7 Å². The minimum Gasteiger partial charge on any atom is -0.508 e. The molecule has 1 aromatic rings. The van der Waals surface area contributed by atoms with Crippen LogP contribution in [0.2, 0.25) is 0 Å². The Kier molecular flexibility index (Phi) is 21.1. The zero-order valence-corrected chi connectivity index (χ0v) is 41.0. The predicted octanol–water partition coefficient (Wildman–Crippen LogP) is -3.78. The Morgan fingerprint density at radius 2 is 1.04 bits per heavy atom. The van der Waals surface area contributed by atoms with Crippen molar-refractivity contribution in [2.24, 2.45) is 11.8 Å². The molecular formula is C48H64O27. The third-order valence-corrected chi connectivity index (χ3v) is 13.1. The summed E-state index contributed by atoms with van der Waals surface area (Å²) in [6.45, 7) is 0.552. The molecular weight excluding hydrogens is 1010 g/mol. The Morgan fingerprint density at radius 3 is 1.49 bits per heavy atom. The van der Waals surface area contributed by atoms with Gasteiger partial charge in [0.2, 0.25) is 12.6 Å². The van der Waals surface area contributed by atoms with Gasteiger partial charge in [0.05, 0.1) is 70.6 Å². The standard InChI is InChI=1S/C48H64O27/c1-5-22-24(26(42(62)64-3)17-68-44(22)74-46-39(60)36(57)33(54)28(15-49)70-46)13-31(52)67-19-30-35(56)38(59)41(48(72-30)66-12-11-20-7-9-21(51)10-8-20)73-32(53)14-25-23(6-2)45(69-18-27(25)43(63)65-4)75-47-40(61)37(58)34(55)29(16-50)71-47/h5-10,17-18,24-25,28-30,33-41,44-51,54-61H,11-16,19H2,1-4H3/b22-5+,23-6+/t24-,25-,28+,29+,30+,33+,34+,35+,36-,37-,38-,39+,40+,41+,44-,45-,46-,47-,48+/m1/s1. The van der Waals surface area contributed by atoms with Gasteiger partial charge in [0.25, 0.3) is 0 Å². The fourth-order valence-corrected chi connectivity index (χ4v) is 8.88. The normalized spacial score (nSPS) is 37.1. The summed E-state index contributed by atoms with van der Waals surface area (Å²) in [4.78, 5) is 53.6. The van der Waals surface area contributed by atoms with Gasteiger partial charge in [0.15, 0.2) is 25.0 Å². The molecule has 0 aliphatic carbocycles. The van der Waals surface area contributed by atoms with Gasteiger partial charge in [-0.05, 0) is 38.0 Å². The molecule has 5 aliphatic rings. The molecule has 6 rings (SSSR count). The van der Waals surface area contributed by atoms with Crippen LogP contribution in [-0.4, -0.2) is 225 Å². The summed E-state index contributed by atoms with van der Waals surface area (Å²) >= 11 is 0. The molecule has 75 heavy (non-hydrogen) atoms. The molecule has 5 aliphatic heterocycles. The highest BCUT2D eigenvalue weighted by Crippen LogP contribution is 2.39. The molecule has 0 unspecified atom stereocenters. The molecule has 0 amide bonds. The summed E-state index contributed by atoms with van der Waals surface area (Å²) in [5.74, 6) is -6.43. The lowest BCUT2D eigenvalue weighted by atomic mass is 9.86. The van der Waals surface area contributed by atoms with E-state index in [-0.39, 0.29) is 41.1 Å². The average Bonchev–Trinajstić information content (AvgIpc) is 3.40. The van der Waals surface area contributed by atoms with Crippen molar-refractivity contribution in [3.05, 3.63) is 76.8 Å². The summed E-state index contributed by atoms with van der Waals surface area (Å²) in [5, 5.41) is 114. The molecule has 19 atom stereocenters. The number of ether oxygens (including phenoxy) is 12. The summed E-state index contributed by atoms with van der Waals surface area (Å²) in [6.07, 6.45) is -25.2. The van der Waals surface area contributed by atoms with E-state index in [0.29, 0.717) is 5.56 Å². The number of hydrogen-bond donors (Lipinski definition) is 11. The van der Waals surface area contributed by atoms with Crippen molar-refractivity contribution in [3.63, 3.8) is 0 Å². The Morgan fingerprint density at radius 1 is 0.587 bits per heavy atom. The average molecular weight is 1070 g/mol. The monoisotopic (exact) mass is 1070 g/mol. The first kappa shape index (κ1) is 59.1. The first-order valence-corrected chi connectivity index (χ1v) is 23.7. The van der Waals surface area contributed by atoms with Gasteiger partial charge in [-0.2, -0.15) is 0 Å². The summed E-state index contributed by atoms with van der Waals surface area (Å²) in [5.41, 5.74) is 0.466. The fraction of sp³-hybridized carbons (Fsp3) is 0.625.